The molecule has 3 heterocycles. The Morgan fingerprint density at radius 1 is 1.39 bits per heavy atom. The second-order valence-electron chi connectivity index (χ2n) is 6.39. The minimum Gasteiger partial charge on any atom is -0.466 e. The number of aryl methyl sites for hydroxylation is 3. The van der Waals surface area contributed by atoms with Crippen LogP contribution in [0.1, 0.15) is 60.4 Å². The minimum atomic E-state index is -0.196. The Morgan fingerprint density at radius 3 is 2.78 bits per heavy atom. The van der Waals surface area contributed by atoms with Gasteiger partial charge in [-0.25, -0.2) is 0 Å². The predicted molar refractivity (Wildman–Crippen MR) is 84.2 cm³/mol. The van der Waals surface area contributed by atoms with Gasteiger partial charge in [-0.05, 0) is 39.7 Å². The van der Waals surface area contributed by atoms with Crippen LogP contribution in [0.25, 0.3) is 0 Å². The van der Waals surface area contributed by atoms with E-state index in [4.69, 9.17) is 8.94 Å². The van der Waals surface area contributed by atoms with Gasteiger partial charge < -0.3 is 13.8 Å². The molecule has 1 amide bonds. The van der Waals surface area contributed by atoms with Crippen molar-refractivity contribution in [3.8, 4) is 0 Å². The Balaban J connectivity index is 1.73. The molecular formula is C17H23N3O3. The summed E-state index contributed by atoms with van der Waals surface area (Å²) >= 11 is 0. The molecule has 0 aliphatic carbocycles. The molecule has 0 saturated carbocycles. The normalized spacial score (nSPS) is 19.8. The summed E-state index contributed by atoms with van der Waals surface area (Å²) in [7, 11) is 0. The quantitative estimate of drug-likeness (QED) is 0.870. The molecule has 3 rings (SSSR count). The largest absolute Gasteiger partial charge is 0.466 e. The van der Waals surface area contributed by atoms with Crippen LogP contribution in [0.4, 0.5) is 0 Å². The highest BCUT2D eigenvalue weighted by atomic mass is 16.5. The maximum absolute atomic E-state index is 12.9. The summed E-state index contributed by atoms with van der Waals surface area (Å²) in [5.74, 6) is 3.05. The monoisotopic (exact) mass is 317 g/mol. The maximum atomic E-state index is 12.9. The molecule has 2 aromatic heterocycles. The third-order valence-electron chi connectivity index (χ3n) is 4.56. The zero-order chi connectivity index (χ0) is 16.6. The average molecular weight is 317 g/mol. The lowest BCUT2D eigenvalue weighted by atomic mass is 9.94. The smallest absolute Gasteiger partial charge is 0.229 e. The standard InChI is InChI=1S/C17H23N3O3/c1-10-8-15(12(3)22-10)11(2)17(21)20-7-5-6-14(9-20)16-18-13(4)23-19-16/h8,11,14H,5-7,9H2,1-4H3/t11-,14+/m1/s1. The van der Waals surface area contributed by atoms with E-state index in [1.54, 1.807) is 6.92 Å². The molecule has 0 spiro atoms. The number of aromatic nitrogens is 2. The van der Waals surface area contributed by atoms with Crippen molar-refractivity contribution in [1.82, 2.24) is 15.0 Å². The lowest BCUT2D eigenvalue weighted by molar-refractivity contribution is -0.133. The van der Waals surface area contributed by atoms with Crippen LogP contribution in [-0.2, 0) is 4.79 Å². The highest BCUT2D eigenvalue weighted by Crippen LogP contribution is 2.29. The Bertz CT molecular complexity index is 704. The van der Waals surface area contributed by atoms with E-state index in [2.05, 4.69) is 10.1 Å². The number of furan rings is 1. The summed E-state index contributed by atoms with van der Waals surface area (Å²) in [6.07, 6.45) is 1.95. The van der Waals surface area contributed by atoms with E-state index in [-0.39, 0.29) is 17.7 Å². The first kappa shape index (κ1) is 15.8. The molecule has 6 heteroatoms. The second kappa shape index (κ2) is 6.18. The van der Waals surface area contributed by atoms with Crippen molar-refractivity contribution in [2.45, 2.75) is 52.4 Å². The van der Waals surface area contributed by atoms with Gasteiger partial charge >= 0.3 is 0 Å². The zero-order valence-electron chi connectivity index (χ0n) is 14.1. The Hall–Kier alpha value is -2.11. The summed E-state index contributed by atoms with van der Waals surface area (Å²) in [6, 6.07) is 1.96. The highest BCUT2D eigenvalue weighted by molar-refractivity contribution is 5.83. The number of rotatable bonds is 3. The van der Waals surface area contributed by atoms with Crippen molar-refractivity contribution in [1.29, 1.82) is 0 Å². The second-order valence-corrected chi connectivity index (χ2v) is 6.39. The average Bonchev–Trinajstić information content (AvgIpc) is 3.11. The first-order valence-corrected chi connectivity index (χ1v) is 8.11. The van der Waals surface area contributed by atoms with Crippen molar-refractivity contribution < 1.29 is 13.7 Å². The van der Waals surface area contributed by atoms with Crippen LogP contribution in [0, 0.1) is 20.8 Å². The van der Waals surface area contributed by atoms with Crippen molar-refractivity contribution in [2.75, 3.05) is 13.1 Å². The van der Waals surface area contributed by atoms with Crippen LogP contribution >= 0.6 is 0 Å². The van der Waals surface area contributed by atoms with Gasteiger partial charge in [0, 0.05) is 31.5 Å². The van der Waals surface area contributed by atoms with Crippen molar-refractivity contribution in [3.05, 3.63) is 34.9 Å². The van der Waals surface area contributed by atoms with Gasteiger partial charge in [-0.15, -0.1) is 0 Å². The van der Waals surface area contributed by atoms with Gasteiger partial charge in [-0.1, -0.05) is 5.16 Å². The molecule has 2 atom stereocenters. The fraction of sp³-hybridized carbons (Fsp3) is 0.588. The number of nitrogens with zero attached hydrogens (tertiary/aromatic N) is 3. The molecule has 2 aromatic rings. The van der Waals surface area contributed by atoms with E-state index in [0.29, 0.717) is 18.3 Å². The fourth-order valence-corrected chi connectivity index (χ4v) is 3.36. The Morgan fingerprint density at radius 2 is 2.17 bits per heavy atom. The Kier molecular flexibility index (Phi) is 4.24. The molecule has 6 nitrogen and oxygen atoms in total. The SMILES string of the molecule is Cc1cc([C@@H](C)C(=O)N2CCC[C@H](c3noc(C)n3)C2)c(C)o1. The van der Waals surface area contributed by atoms with Crippen molar-refractivity contribution >= 4 is 5.91 Å². The molecule has 1 saturated heterocycles. The van der Waals surface area contributed by atoms with E-state index in [1.165, 1.54) is 0 Å². The van der Waals surface area contributed by atoms with Gasteiger partial charge in [0.2, 0.25) is 11.8 Å². The zero-order valence-corrected chi connectivity index (χ0v) is 14.1. The van der Waals surface area contributed by atoms with Crippen molar-refractivity contribution in [3.63, 3.8) is 0 Å². The lowest BCUT2D eigenvalue weighted by Crippen LogP contribution is -2.41. The van der Waals surface area contributed by atoms with Gasteiger partial charge in [-0.3, -0.25) is 4.79 Å². The molecular weight excluding hydrogens is 294 g/mol. The van der Waals surface area contributed by atoms with Gasteiger partial charge in [0.05, 0.1) is 5.92 Å². The van der Waals surface area contributed by atoms with E-state index in [0.717, 1.165) is 36.5 Å². The fourth-order valence-electron chi connectivity index (χ4n) is 3.36. The third-order valence-corrected chi connectivity index (χ3v) is 4.56. The summed E-state index contributed by atoms with van der Waals surface area (Å²) in [4.78, 5) is 19.1. The number of carbonyl (C=O) groups is 1. The summed E-state index contributed by atoms with van der Waals surface area (Å²) in [5.41, 5.74) is 0.977. The molecule has 0 bridgehead atoms. The van der Waals surface area contributed by atoms with E-state index in [1.807, 2.05) is 31.7 Å². The molecule has 124 valence electrons. The molecule has 0 unspecified atom stereocenters. The number of hydrogen-bond acceptors (Lipinski definition) is 5. The van der Waals surface area contributed by atoms with Gasteiger partial charge in [-0.2, -0.15) is 4.98 Å². The topological polar surface area (TPSA) is 72.4 Å². The van der Waals surface area contributed by atoms with Gasteiger partial charge in [0.25, 0.3) is 0 Å². The van der Waals surface area contributed by atoms with E-state index >= 15 is 0 Å². The number of likely N-dealkylation sites (tertiary alicyclic amines) is 1. The first-order chi connectivity index (χ1) is 11.0. The molecule has 0 radical (unpaired) electrons. The maximum Gasteiger partial charge on any atom is 0.229 e. The van der Waals surface area contributed by atoms with Crippen LogP contribution in [0.5, 0.6) is 0 Å². The summed E-state index contributed by atoms with van der Waals surface area (Å²) in [6.45, 7) is 8.98. The Labute approximate surface area is 135 Å². The first-order valence-electron chi connectivity index (χ1n) is 8.11. The van der Waals surface area contributed by atoms with Crippen molar-refractivity contribution in [2.24, 2.45) is 0 Å². The molecule has 1 aliphatic rings. The van der Waals surface area contributed by atoms with Crippen LogP contribution in [0.2, 0.25) is 0 Å². The minimum absolute atomic E-state index is 0.138. The van der Waals surface area contributed by atoms with Crippen LogP contribution in [0.15, 0.2) is 15.0 Å². The number of piperidine rings is 1. The van der Waals surface area contributed by atoms with Gasteiger partial charge in [0.15, 0.2) is 5.82 Å². The van der Waals surface area contributed by atoms with E-state index in [9.17, 15) is 4.79 Å². The highest BCUT2D eigenvalue weighted by Gasteiger charge is 2.31. The lowest BCUT2D eigenvalue weighted by Gasteiger charge is -2.33. The van der Waals surface area contributed by atoms with Gasteiger partial charge in [0.1, 0.15) is 11.5 Å². The molecule has 23 heavy (non-hydrogen) atoms. The molecule has 1 aliphatic heterocycles. The number of amides is 1. The number of hydrogen-bond donors (Lipinski definition) is 0. The number of carbonyl (C=O) groups excluding carboxylic acids is 1. The van der Waals surface area contributed by atoms with Crippen LogP contribution < -0.4 is 0 Å². The summed E-state index contributed by atoms with van der Waals surface area (Å²) in [5, 5.41) is 4.01. The van der Waals surface area contributed by atoms with E-state index < -0.39 is 0 Å². The third kappa shape index (κ3) is 3.16. The summed E-state index contributed by atoms with van der Waals surface area (Å²) < 4.78 is 10.6. The molecule has 0 aromatic carbocycles. The van der Waals surface area contributed by atoms with Crippen LogP contribution in [0.3, 0.4) is 0 Å². The predicted octanol–water partition coefficient (Wildman–Crippen LogP) is 3.10. The molecule has 1 fully saturated rings. The molecule has 0 N–H and O–H groups in total. The van der Waals surface area contributed by atoms with Crippen LogP contribution in [-0.4, -0.2) is 34.0 Å².